The number of hydrogen-bond donors (Lipinski definition) is 0. The fraction of sp³-hybridized carbons (Fsp3) is 0.0556. The van der Waals surface area contributed by atoms with Crippen molar-refractivity contribution in [3.05, 3.63) is 81.8 Å². The van der Waals surface area contributed by atoms with E-state index in [1.54, 1.807) is 6.20 Å². The molecule has 1 aromatic heterocycles. The van der Waals surface area contributed by atoms with Gasteiger partial charge in [-0.15, -0.1) is 0 Å². The number of hydrogen-bond acceptors (Lipinski definition) is 3. The number of halogens is 1. The van der Waals surface area contributed by atoms with Crippen molar-refractivity contribution in [3.63, 3.8) is 0 Å². The molecule has 5 heteroatoms. The van der Waals surface area contributed by atoms with Crippen LogP contribution in [0.2, 0.25) is 0 Å². The Kier molecular flexibility index (Phi) is 3.42. The van der Waals surface area contributed by atoms with Crippen molar-refractivity contribution in [2.24, 2.45) is 4.99 Å². The summed E-state index contributed by atoms with van der Waals surface area (Å²) in [5.41, 5.74) is 4.39. The minimum absolute atomic E-state index is 0.435. The first kappa shape index (κ1) is 14.1. The lowest BCUT2D eigenvalue weighted by atomic mass is 10.0. The molecule has 2 heterocycles. The Bertz CT molecular complexity index is 929. The molecule has 1 aliphatic heterocycles. The van der Waals surface area contributed by atoms with Crippen molar-refractivity contribution >= 4 is 27.9 Å². The Morgan fingerprint density at radius 3 is 2.74 bits per heavy atom. The Labute approximate surface area is 141 Å². The summed E-state index contributed by atoms with van der Waals surface area (Å²) in [6.45, 7) is 0.435. The maximum Gasteiger partial charge on any atom is 0.168 e. The zero-order valence-corrected chi connectivity index (χ0v) is 13.7. The van der Waals surface area contributed by atoms with Crippen LogP contribution in [-0.2, 0) is 6.54 Å². The van der Waals surface area contributed by atoms with Gasteiger partial charge in [-0.2, -0.15) is 0 Å². The van der Waals surface area contributed by atoms with E-state index in [4.69, 9.17) is 4.99 Å². The summed E-state index contributed by atoms with van der Waals surface area (Å²) < 4.78 is 2.85. The second-order valence-electron chi connectivity index (χ2n) is 5.24. The molecule has 23 heavy (non-hydrogen) atoms. The Balaban J connectivity index is 2.02. The molecule has 0 unspecified atom stereocenters. The molecule has 0 atom stereocenters. The van der Waals surface area contributed by atoms with Gasteiger partial charge in [-0.05, 0) is 18.2 Å². The minimum atomic E-state index is 0.435. The summed E-state index contributed by atoms with van der Waals surface area (Å²) in [6, 6.07) is 16.0. The van der Waals surface area contributed by atoms with Crippen LogP contribution in [0, 0.1) is 0 Å². The molecular weight excluding hydrogens is 354 g/mol. The van der Waals surface area contributed by atoms with Crippen LogP contribution < -0.4 is 0 Å². The van der Waals surface area contributed by atoms with Crippen molar-refractivity contribution in [2.45, 2.75) is 6.54 Å². The summed E-state index contributed by atoms with van der Waals surface area (Å²) in [5.74, 6) is 0.765. The lowest BCUT2D eigenvalue weighted by molar-refractivity contribution is 0.111. The Hall–Kier alpha value is -2.53. The van der Waals surface area contributed by atoms with Crippen molar-refractivity contribution in [2.75, 3.05) is 0 Å². The standard InChI is InChI=1S/C18H12BrN3O/c19-13-6-7-16-15(8-13)18(12-4-2-1-3-5-12)21-10-17-20-9-14(11-23)22(16)17/h1-9,11H,10H2. The van der Waals surface area contributed by atoms with E-state index in [0.717, 1.165) is 39.1 Å². The van der Waals surface area contributed by atoms with Gasteiger partial charge in [-0.3, -0.25) is 14.4 Å². The van der Waals surface area contributed by atoms with Crippen LogP contribution >= 0.6 is 15.9 Å². The number of aldehydes is 1. The van der Waals surface area contributed by atoms with Gasteiger partial charge in [0, 0.05) is 15.6 Å². The maximum atomic E-state index is 11.4. The third-order valence-corrected chi connectivity index (χ3v) is 4.36. The van der Waals surface area contributed by atoms with Crippen LogP contribution in [0.5, 0.6) is 0 Å². The first-order chi connectivity index (χ1) is 11.3. The zero-order chi connectivity index (χ0) is 15.8. The van der Waals surface area contributed by atoms with Crippen LogP contribution in [-0.4, -0.2) is 21.5 Å². The maximum absolute atomic E-state index is 11.4. The highest BCUT2D eigenvalue weighted by Crippen LogP contribution is 2.28. The van der Waals surface area contributed by atoms with Crippen LogP contribution in [0.15, 0.2) is 64.2 Å². The molecule has 0 saturated carbocycles. The highest BCUT2D eigenvalue weighted by Gasteiger charge is 2.21. The van der Waals surface area contributed by atoms with E-state index in [-0.39, 0.29) is 0 Å². The summed E-state index contributed by atoms with van der Waals surface area (Å²) in [4.78, 5) is 20.5. The number of nitrogens with zero attached hydrogens (tertiary/aromatic N) is 3. The molecule has 0 fully saturated rings. The van der Waals surface area contributed by atoms with Crippen LogP contribution in [0.4, 0.5) is 0 Å². The van der Waals surface area contributed by atoms with Crippen molar-refractivity contribution in [3.8, 4) is 5.69 Å². The number of fused-ring (bicyclic) bond motifs is 3. The lowest BCUT2D eigenvalue weighted by Crippen LogP contribution is -2.08. The average Bonchev–Trinajstić information content (AvgIpc) is 2.92. The monoisotopic (exact) mass is 365 g/mol. The van der Waals surface area contributed by atoms with Gasteiger partial charge in [0.25, 0.3) is 0 Å². The van der Waals surface area contributed by atoms with Crippen molar-refractivity contribution in [1.82, 2.24) is 9.55 Å². The number of benzene rings is 2. The van der Waals surface area contributed by atoms with Gasteiger partial charge in [0.2, 0.25) is 0 Å². The SMILES string of the molecule is O=Cc1cnc2n1-c1ccc(Br)cc1C(c1ccccc1)=NC2. The van der Waals surface area contributed by atoms with Crippen molar-refractivity contribution < 1.29 is 4.79 Å². The highest BCUT2D eigenvalue weighted by atomic mass is 79.9. The Morgan fingerprint density at radius 1 is 1.13 bits per heavy atom. The minimum Gasteiger partial charge on any atom is -0.296 e. The summed E-state index contributed by atoms with van der Waals surface area (Å²) in [5, 5.41) is 0. The number of aromatic nitrogens is 2. The topological polar surface area (TPSA) is 47.2 Å². The highest BCUT2D eigenvalue weighted by molar-refractivity contribution is 9.10. The first-order valence-electron chi connectivity index (χ1n) is 7.20. The average molecular weight is 366 g/mol. The van der Waals surface area contributed by atoms with Crippen LogP contribution in [0.1, 0.15) is 27.4 Å². The van der Waals surface area contributed by atoms with E-state index in [0.29, 0.717) is 12.2 Å². The molecular formula is C18H12BrN3O. The van der Waals surface area contributed by atoms with Crippen LogP contribution in [0.25, 0.3) is 5.69 Å². The van der Waals surface area contributed by atoms with Crippen LogP contribution in [0.3, 0.4) is 0 Å². The van der Waals surface area contributed by atoms with Gasteiger partial charge in [0.1, 0.15) is 11.5 Å². The summed E-state index contributed by atoms with van der Waals surface area (Å²) >= 11 is 3.53. The van der Waals surface area contributed by atoms with Gasteiger partial charge in [0.15, 0.2) is 6.29 Å². The predicted octanol–water partition coefficient (Wildman–Crippen LogP) is 3.80. The van der Waals surface area contributed by atoms with Gasteiger partial charge in [-0.1, -0.05) is 46.3 Å². The Morgan fingerprint density at radius 2 is 1.96 bits per heavy atom. The van der Waals surface area contributed by atoms with E-state index in [9.17, 15) is 4.79 Å². The molecule has 4 rings (SSSR count). The van der Waals surface area contributed by atoms with Crippen molar-refractivity contribution in [1.29, 1.82) is 0 Å². The number of imidazole rings is 1. The third kappa shape index (κ3) is 2.33. The van der Waals surface area contributed by atoms with E-state index in [1.165, 1.54) is 0 Å². The molecule has 0 spiro atoms. The van der Waals surface area contributed by atoms with Gasteiger partial charge in [0.05, 0.1) is 24.1 Å². The molecule has 0 N–H and O–H groups in total. The molecule has 0 radical (unpaired) electrons. The summed E-state index contributed by atoms with van der Waals surface area (Å²) in [7, 11) is 0. The quantitative estimate of drug-likeness (QED) is 0.648. The molecule has 0 saturated heterocycles. The van der Waals surface area contributed by atoms with Gasteiger partial charge >= 0.3 is 0 Å². The number of aliphatic imine (C=N–C) groups is 1. The van der Waals surface area contributed by atoms with E-state index in [2.05, 4.69) is 20.9 Å². The van der Waals surface area contributed by atoms with Gasteiger partial charge < -0.3 is 0 Å². The molecule has 3 aromatic rings. The lowest BCUT2D eigenvalue weighted by Gasteiger charge is -2.13. The summed E-state index contributed by atoms with van der Waals surface area (Å²) in [6.07, 6.45) is 2.42. The smallest absolute Gasteiger partial charge is 0.168 e. The molecule has 2 aromatic carbocycles. The zero-order valence-electron chi connectivity index (χ0n) is 12.1. The second-order valence-corrected chi connectivity index (χ2v) is 6.16. The number of carbonyl (C=O) groups is 1. The number of carbonyl (C=O) groups excluding carboxylic acids is 1. The van der Waals surface area contributed by atoms with Gasteiger partial charge in [-0.25, -0.2) is 4.98 Å². The fourth-order valence-electron chi connectivity index (χ4n) is 2.85. The number of rotatable bonds is 2. The molecule has 0 aliphatic carbocycles. The third-order valence-electron chi connectivity index (χ3n) is 3.86. The van der Waals surface area contributed by atoms with E-state index in [1.807, 2.05) is 53.1 Å². The second kappa shape index (κ2) is 5.59. The largest absolute Gasteiger partial charge is 0.296 e. The first-order valence-corrected chi connectivity index (χ1v) is 7.99. The van der Waals surface area contributed by atoms with E-state index < -0.39 is 0 Å². The molecule has 0 bridgehead atoms. The molecule has 0 amide bonds. The normalized spacial score (nSPS) is 12.8. The predicted molar refractivity (Wildman–Crippen MR) is 92.4 cm³/mol. The van der Waals surface area contributed by atoms with E-state index >= 15 is 0 Å². The molecule has 4 nitrogen and oxygen atoms in total. The molecule has 112 valence electrons. The fourth-order valence-corrected chi connectivity index (χ4v) is 3.21. The molecule has 1 aliphatic rings.